The van der Waals surface area contributed by atoms with Crippen molar-refractivity contribution in [1.29, 1.82) is 0 Å². The Hall–Kier alpha value is -1.39. The monoisotopic (exact) mass is 209 g/mol. The molecule has 0 aliphatic carbocycles. The Bertz CT molecular complexity index is 336. The van der Waals surface area contributed by atoms with Crippen LogP contribution in [-0.4, -0.2) is 24.2 Å². The molecule has 1 aromatic rings. The van der Waals surface area contributed by atoms with Crippen LogP contribution < -0.4 is 5.32 Å². The number of amides is 1. The second-order valence-corrected chi connectivity index (χ2v) is 3.26. The predicted molar refractivity (Wildman–Crippen MR) is 57.5 cm³/mol. The van der Waals surface area contributed by atoms with Crippen molar-refractivity contribution in [1.82, 2.24) is 0 Å². The molecule has 82 valence electrons. The molecule has 0 fully saturated rings. The molecule has 1 aromatic carbocycles. The fourth-order valence-corrected chi connectivity index (χ4v) is 1.16. The number of carbonyl (C=O) groups excluding carboxylic acids is 1. The Morgan fingerprint density at radius 2 is 2.20 bits per heavy atom. The van der Waals surface area contributed by atoms with E-state index in [1.807, 2.05) is 18.2 Å². The summed E-state index contributed by atoms with van der Waals surface area (Å²) < 4.78 is 5.00. The molecule has 0 heterocycles. The first-order chi connectivity index (χ1) is 7.15. The predicted octanol–water partition coefficient (Wildman–Crippen LogP) is 1.15. The van der Waals surface area contributed by atoms with Gasteiger partial charge in [0.1, 0.15) is 6.10 Å². The standard InChI is InChI=1S/C11H15NO3/c1-8(13)11(14)12-10-6-4-3-5-9(10)7-15-2/h3-6,8,13H,7H2,1-2H3,(H,12,14). The molecule has 1 rings (SSSR count). The average Bonchev–Trinajstić information content (AvgIpc) is 2.21. The third-order valence-electron chi connectivity index (χ3n) is 1.95. The third-order valence-corrected chi connectivity index (χ3v) is 1.95. The van der Waals surface area contributed by atoms with Gasteiger partial charge in [-0.1, -0.05) is 18.2 Å². The van der Waals surface area contributed by atoms with E-state index in [1.54, 1.807) is 13.2 Å². The molecule has 0 bridgehead atoms. The Balaban J connectivity index is 2.79. The van der Waals surface area contributed by atoms with E-state index >= 15 is 0 Å². The highest BCUT2D eigenvalue weighted by Crippen LogP contribution is 2.15. The molecule has 15 heavy (non-hydrogen) atoms. The molecule has 0 saturated carbocycles. The zero-order valence-corrected chi connectivity index (χ0v) is 8.86. The molecular formula is C11H15NO3. The van der Waals surface area contributed by atoms with Crippen molar-refractivity contribution < 1.29 is 14.6 Å². The lowest BCUT2D eigenvalue weighted by Gasteiger charge is -2.11. The van der Waals surface area contributed by atoms with Crippen molar-refractivity contribution in [2.45, 2.75) is 19.6 Å². The first-order valence-electron chi connectivity index (χ1n) is 4.71. The Morgan fingerprint density at radius 1 is 1.53 bits per heavy atom. The maximum Gasteiger partial charge on any atom is 0.252 e. The number of hydrogen-bond acceptors (Lipinski definition) is 3. The third kappa shape index (κ3) is 3.34. The molecule has 1 atom stereocenters. The molecule has 4 heteroatoms. The van der Waals surface area contributed by atoms with Gasteiger partial charge >= 0.3 is 0 Å². The second kappa shape index (κ2) is 5.48. The maximum atomic E-state index is 11.3. The normalized spacial score (nSPS) is 12.2. The van der Waals surface area contributed by atoms with Gasteiger partial charge in [0.25, 0.3) is 5.91 Å². The van der Waals surface area contributed by atoms with Crippen molar-refractivity contribution >= 4 is 11.6 Å². The molecule has 0 aliphatic heterocycles. The van der Waals surface area contributed by atoms with E-state index in [0.717, 1.165) is 5.56 Å². The Labute approximate surface area is 88.9 Å². The van der Waals surface area contributed by atoms with Crippen molar-refractivity contribution in [3.8, 4) is 0 Å². The van der Waals surface area contributed by atoms with Crippen LogP contribution >= 0.6 is 0 Å². The van der Waals surface area contributed by atoms with Crippen LogP contribution in [0.3, 0.4) is 0 Å². The summed E-state index contributed by atoms with van der Waals surface area (Å²) in [6, 6.07) is 7.32. The van der Waals surface area contributed by atoms with E-state index in [1.165, 1.54) is 6.92 Å². The van der Waals surface area contributed by atoms with Crippen LogP contribution in [0.1, 0.15) is 12.5 Å². The largest absolute Gasteiger partial charge is 0.384 e. The highest BCUT2D eigenvalue weighted by atomic mass is 16.5. The van der Waals surface area contributed by atoms with E-state index < -0.39 is 12.0 Å². The Morgan fingerprint density at radius 3 is 2.80 bits per heavy atom. The van der Waals surface area contributed by atoms with E-state index in [4.69, 9.17) is 9.84 Å². The van der Waals surface area contributed by atoms with Gasteiger partial charge in [0, 0.05) is 18.4 Å². The molecule has 1 unspecified atom stereocenters. The lowest BCUT2D eigenvalue weighted by atomic mass is 10.2. The van der Waals surface area contributed by atoms with Crippen LogP contribution in [0.2, 0.25) is 0 Å². The van der Waals surface area contributed by atoms with Crippen molar-refractivity contribution in [2.24, 2.45) is 0 Å². The number of carbonyl (C=O) groups is 1. The number of aliphatic hydroxyl groups is 1. The van der Waals surface area contributed by atoms with Gasteiger partial charge in [0.2, 0.25) is 0 Å². The summed E-state index contributed by atoms with van der Waals surface area (Å²) in [7, 11) is 1.59. The topological polar surface area (TPSA) is 58.6 Å². The second-order valence-electron chi connectivity index (χ2n) is 3.26. The molecule has 0 aromatic heterocycles. The van der Waals surface area contributed by atoms with Crippen molar-refractivity contribution in [3.63, 3.8) is 0 Å². The van der Waals surface area contributed by atoms with Gasteiger partial charge in [-0.2, -0.15) is 0 Å². The van der Waals surface area contributed by atoms with Gasteiger partial charge in [-0.15, -0.1) is 0 Å². The summed E-state index contributed by atoms with van der Waals surface area (Å²) in [5.41, 5.74) is 1.55. The van der Waals surface area contributed by atoms with Gasteiger partial charge in [0.15, 0.2) is 0 Å². The number of nitrogens with one attached hydrogen (secondary N) is 1. The minimum Gasteiger partial charge on any atom is -0.384 e. The van der Waals surface area contributed by atoms with Gasteiger partial charge in [-0.3, -0.25) is 4.79 Å². The summed E-state index contributed by atoms with van der Waals surface area (Å²) in [6.07, 6.45) is -1.01. The van der Waals surface area contributed by atoms with E-state index in [9.17, 15) is 4.79 Å². The number of rotatable bonds is 4. The molecule has 0 saturated heterocycles. The lowest BCUT2D eigenvalue weighted by Crippen LogP contribution is -2.25. The number of benzene rings is 1. The highest BCUT2D eigenvalue weighted by Gasteiger charge is 2.10. The van der Waals surface area contributed by atoms with Crippen molar-refractivity contribution in [2.75, 3.05) is 12.4 Å². The number of anilines is 1. The van der Waals surface area contributed by atoms with E-state index in [0.29, 0.717) is 12.3 Å². The molecule has 0 radical (unpaired) electrons. The maximum absolute atomic E-state index is 11.3. The minimum atomic E-state index is -1.01. The van der Waals surface area contributed by atoms with Crippen LogP contribution in [0, 0.1) is 0 Å². The molecule has 1 amide bonds. The average molecular weight is 209 g/mol. The number of methoxy groups -OCH3 is 1. The SMILES string of the molecule is COCc1ccccc1NC(=O)C(C)O. The molecule has 0 aliphatic rings. The highest BCUT2D eigenvalue weighted by molar-refractivity contribution is 5.94. The summed E-state index contributed by atoms with van der Waals surface area (Å²) in [4.78, 5) is 11.3. The molecule has 2 N–H and O–H groups in total. The quantitative estimate of drug-likeness (QED) is 0.782. The fourth-order valence-electron chi connectivity index (χ4n) is 1.16. The van der Waals surface area contributed by atoms with Crippen LogP contribution in [0.25, 0.3) is 0 Å². The first-order valence-corrected chi connectivity index (χ1v) is 4.71. The zero-order chi connectivity index (χ0) is 11.3. The fraction of sp³-hybridized carbons (Fsp3) is 0.364. The smallest absolute Gasteiger partial charge is 0.252 e. The first kappa shape index (κ1) is 11.7. The van der Waals surface area contributed by atoms with Gasteiger partial charge in [-0.25, -0.2) is 0 Å². The number of aliphatic hydroxyl groups excluding tert-OH is 1. The molecule has 4 nitrogen and oxygen atoms in total. The van der Waals surface area contributed by atoms with Gasteiger partial charge in [-0.05, 0) is 13.0 Å². The van der Waals surface area contributed by atoms with E-state index in [-0.39, 0.29) is 0 Å². The zero-order valence-electron chi connectivity index (χ0n) is 8.86. The van der Waals surface area contributed by atoms with Crippen LogP contribution in [0.4, 0.5) is 5.69 Å². The van der Waals surface area contributed by atoms with Crippen LogP contribution in [0.15, 0.2) is 24.3 Å². The number of para-hydroxylation sites is 1. The summed E-state index contributed by atoms with van der Waals surface area (Å²) in [6.45, 7) is 1.85. The molecular weight excluding hydrogens is 194 g/mol. The van der Waals surface area contributed by atoms with Crippen LogP contribution in [0.5, 0.6) is 0 Å². The number of hydrogen-bond donors (Lipinski definition) is 2. The lowest BCUT2D eigenvalue weighted by molar-refractivity contribution is -0.123. The van der Waals surface area contributed by atoms with E-state index in [2.05, 4.69) is 5.32 Å². The van der Waals surface area contributed by atoms with Gasteiger partial charge < -0.3 is 15.2 Å². The minimum absolute atomic E-state index is 0.418. The molecule has 0 spiro atoms. The number of ether oxygens (including phenoxy) is 1. The van der Waals surface area contributed by atoms with Crippen molar-refractivity contribution in [3.05, 3.63) is 29.8 Å². The summed E-state index contributed by atoms with van der Waals surface area (Å²) in [5.74, 6) is -0.418. The summed E-state index contributed by atoms with van der Waals surface area (Å²) >= 11 is 0. The van der Waals surface area contributed by atoms with Crippen LogP contribution in [-0.2, 0) is 16.1 Å². The Kier molecular flexibility index (Phi) is 4.27. The van der Waals surface area contributed by atoms with Gasteiger partial charge in [0.05, 0.1) is 6.61 Å². The summed E-state index contributed by atoms with van der Waals surface area (Å²) in [5, 5.41) is 11.7.